The van der Waals surface area contributed by atoms with Crippen molar-refractivity contribution in [3.05, 3.63) is 0 Å². The first-order valence-electron chi connectivity index (χ1n) is 1.51. The van der Waals surface area contributed by atoms with Gasteiger partial charge in [0, 0.05) is 0 Å². The Bertz CT molecular complexity index is 132. The number of hydrogen-bond donors (Lipinski definition) is 3. The summed E-state index contributed by atoms with van der Waals surface area (Å²) in [5.74, 6) is 0. The third-order valence-electron chi connectivity index (χ3n) is 0. The molecule has 0 amide bonds. The van der Waals surface area contributed by atoms with Gasteiger partial charge < -0.3 is 33.9 Å². The van der Waals surface area contributed by atoms with Crippen LogP contribution in [0.25, 0.3) is 0 Å². The molecule has 0 aliphatic rings. The fourth-order valence-electron chi connectivity index (χ4n) is 0. The van der Waals surface area contributed by atoms with Gasteiger partial charge in [-0.1, -0.05) is 0 Å². The summed E-state index contributed by atoms with van der Waals surface area (Å²) < 4.78 is 17.4. The smallest absolute Gasteiger partial charge is 0.790 e. The molecule has 0 heterocycles. The summed E-state index contributed by atoms with van der Waals surface area (Å²) in [6.45, 7) is 0. The Kier molecular flexibility index (Phi) is 48.6. The zero-order valence-corrected chi connectivity index (χ0v) is 20.6. The zero-order valence-electron chi connectivity index (χ0n) is 7.98. The Morgan fingerprint density at radius 2 is 0.786 bits per heavy atom. The molecule has 1 unspecified atom stereocenters. The van der Waals surface area contributed by atoms with Crippen molar-refractivity contribution in [3.8, 4) is 0 Å². The first-order valence-corrected chi connectivity index (χ1v) is 4.54. The molecule has 0 saturated carbocycles. The van der Waals surface area contributed by atoms with Crippen LogP contribution in [-0.4, -0.2) is 14.7 Å². The van der Waals surface area contributed by atoms with Gasteiger partial charge in [-0.2, -0.15) is 9.90 Å². The SMILES string of the molecule is O=P([O-])(O)O.O=P([O-])([O-])O.P.[K+].[K+].[K+]. The van der Waals surface area contributed by atoms with E-state index < -0.39 is 15.6 Å². The summed E-state index contributed by atoms with van der Waals surface area (Å²) in [4.78, 5) is 47.2. The molecule has 3 N–H and O–H groups in total. The molecular weight excluding hydrogens is 338 g/mol. The van der Waals surface area contributed by atoms with Gasteiger partial charge in [-0.15, -0.1) is 0 Å². The molecule has 0 fully saturated rings. The molecule has 14 heteroatoms. The second-order valence-corrected chi connectivity index (χ2v) is 2.88. The van der Waals surface area contributed by atoms with Gasteiger partial charge in [0.15, 0.2) is 0 Å². The molecule has 1 atom stereocenters. The van der Waals surface area contributed by atoms with E-state index in [1.165, 1.54) is 0 Å². The van der Waals surface area contributed by atoms with Crippen molar-refractivity contribution in [3.63, 3.8) is 0 Å². The van der Waals surface area contributed by atoms with Crippen LogP contribution in [-0.2, 0) is 9.13 Å². The molecule has 0 bridgehead atoms. The average Bonchev–Trinajstić information content (AvgIpc) is 1.12. The molecule has 0 radical (unpaired) electrons. The average molecular weight is 344 g/mol. The molecule has 0 aromatic carbocycles. The van der Waals surface area contributed by atoms with Crippen molar-refractivity contribution >= 4 is 25.5 Å². The van der Waals surface area contributed by atoms with Crippen LogP contribution in [0.5, 0.6) is 0 Å². The summed E-state index contributed by atoms with van der Waals surface area (Å²) in [7, 11) is -10.0. The Labute approximate surface area is 212 Å². The fourth-order valence-corrected chi connectivity index (χ4v) is 0. The van der Waals surface area contributed by atoms with Crippen LogP contribution in [0.3, 0.4) is 0 Å². The van der Waals surface area contributed by atoms with E-state index >= 15 is 0 Å². The monoisotopic (exact) mass is 344 g/mol. The van der Waals surface area contributed by atoms with Gasteiger partial charge in [-0.25, -0.2) is 0 Å². The second-order valence-electron chi connectivity index (χ2n) is 0.959. The molecule has 8 nitrogen and oxygen atoms in total. The second kappa shape index (κ2) is 18.6. The molecule has 0 aromatic rings. The molecule has 0 aliphatic carbocycles. The normalized spacial score (nSPS) is 8.43. The van der Waals surface area contributed by atoms with Crippen LogP contribution in [0, 0.1) is 0 Å². The summed E-state index contributed by atoms with van der Waals surface area (Å²) in [6, 6.07) is 0. The van der Waals surface area contributed by atoms with Gasteiger partial charge >= 0.3 is 154 Å². The van der Waals surface area contributed by atoms with Crippen molar-refractivity contribution in [2.24, 2.45) is 0 Å². The first-order chi connectivity index (χ1) is 4.00. The number of phosphoric acid groups is 2. The van der Waals surface area contributed by atoms with Gasteiger partial charge in [-0.3, -0.25) is 4.57 Å². The van der Waals surface area contributed by atoms with Gasteiger partial charge in [0.25, 0.3) is 7.82 Å². The molecule has 0 aromatic heterocycles. The maximum atomic E-state index is 8.77. The quantitative estimate of drug-likeness (QED) is 0.288. The summed E-state index contributed by atoms with van der Waals surface area (Å²) in [5, 5.41) is 0. The van der Waals surface area contributed by atoms with Gasteiger partial charge in [0.05, 0.1) is 7.82 Å². The Hall–Kier alpha value is 5.56. The van der Waals surface area contributed by atoms with Crippen molar-refractivity contribution < 1.29 is 193 Å². The standard InChI is InChI=1S/3K.2H3O4P.H3P/c;;;2*1-5(2,3)4;/h;;;2*(H3,1,2,3,4);1H3/q3*+1;;;/p-3. The molecule has 0 aliphatic heterocycles. The maximum absolute atomic E-state index is 8.77. The van der Waals surface area contributed by atoms with Crippen molar-refractivity contribution in [2.45, 2.75) is 0 Å². The summed E-state index contributed by atoms with van der Waals surface area (Å²) >= 11 is 0. The van der Waals surface area contributed by atoms with E-state index in [1.807, 2.05) is 0 Å². The van der Waals surface area contributed by atoms with E-state index in [4.69, 9.17) is 38.5 Å². The summed E-state index contributed by atoms with van der Waals surface area (Å²) in [5.41, 5.74) is 0. The van der Waals surface area contributed by atoms with Crippen molar-refractivity contribution in [1.82, 2.24) is 0 Å². The van der Waals surface area contributed by atoms with E-state index in [0.717, 1.165) is 0 Å². The Balaban J connectivity index is -0.0000000178. The third kappa shape index (κ3) is 156. The number of hydrogen-bond acceptors (Lipinski definition) is 5. The molecular formula is H6K3O8P3. The predicted octanol–water partition coefficient (Wildman–Crippen LogP) is -12.7. The molecule has 72 valence electrons. The van der Waals surface area contributed by atoms with Crippen LogP contribution in [0.15, 0.2) is 0 Å². The van der Waals surface area contributed by atoms with Crippen LogP contribution in [0.1, 0.15) is 0 Å². The van der Waals surface area contributed by atoms with Crippen molar-refractivity contribution in [2.75, 3.05) is 0 Å². The topological polar surface area (TPSA) is 164 Å². The van der Waals surface area contributed by atoms with Crippen LogP contribution < -0.4 is 169 Å². The maximum Gasteiger partial charge on any atom is 1.00 e. The fraction of sp³-hybridized carbons (Fsp3) is 0. The zero-order chi connectivity index (χ0) is 9.00. The molecule has 0 spiro atoms. The first kappa shape index (κ1) is 36.6. The Morgan fingerprint density at radius 1 is 0.786 bits per heavy atom. The largest absolute Gasteiger partial charge is 1.00 e. The molecule has 14 heavy (non-hydrogen) atoms. The molecule has 0 saturated heterocycles. The minimum atomic E-state index is -5.14. The van der Waals surface area contributed by atoms with Gasteiger partial charge in [0.1, 0.15) is 0 Å². The van der Waals surface area contributed by atoms with Crippen LogP contribution >= 0.6 is 25.5 Å². The minimum Gasteiger partial charge on any atom is -0.790 e. The van der Waals surface area contributed by atoms with Gasteiger partial charge in [0.2, 0.25) is 0 Å². The van der Waals surface area contributed by atoms with E-state index in [1.54, 1.807) is 0 Å². The third-order valence-corrected chi connectivity index (χ3v) is 0. The van der Waals surface area contributed by atoms with E-state index in [9.17, 15) is 0 Å². The summed E-state index contributed by atoms with van der Waals surface area (Å²) in [6.07, 6.45) is 0. The number of rotatable bonds is 0. The minimum absolute atomic E-state index is 0. The van der Waals surface area contributed by atoms with E-state index in [2.05, 4.69) is 0 Å². The molecule has 0 rings (SSSR count). The van der Waals surface area contributed by atoms with Crippen molar-refractivity contribution in [1.29, 1.82) is 0 Å². The van der Waals surface area contributed by atoms with Crippen LogP contribution in [0.2, 0.25) is 0 Å². The Morgan fingerprint density at radius 3 is 0.786 bits per heavy atom. The predicted molar refractivity (Wildman–Crippen MR) is 33.0 cm³/mol. The van der Waals surface area contributed by atoms with Crippen LogP contribution in [0.4, 0.5) is 0 Å². The van der Waals surface area contributed by atoms with E-state index in [-0.39, 0.29) is 164 Å². The van der Waals surface area contributed by atoms with Gasteiger partial charge in [-0.05, 0) is 0 Å². The van der Waals surface area contributed by atoms with E-state index in [0.29, 0.717) is 0 Å².